The maximum atomic E-state index is 12.7. The number of rotatable bonds is 3. The molecule has 2 N–H and O–H groups in total. The molecule has 0 spiro atoms. The Bertz CT molecular complexity index is 900. The highest BCUT2D eigenvalue weighted by molar-refractivity contribution is 7.17. The quantitative estimate of drug-likeness (QED) is 0.770. The van der Waals surface area contributed by atoms with Gasteiger partial charge < -0.3 is 9.88 Å². The molecule has 4 rings (SSSR count). The third-order valence-corrected chi connectivity index (χ3v) is 5.93. The van der Waals surface area contributed by atoms with Gasteiger partial charge in [0.15, 0.2) is 5.82 Å². The molecule has 2 aromatic heterocycles. The van der Waals surface area contributed by atoms with Gasteiger partial charge in [-0.05, 0) is 31.7 Å². The number of quaternary nitrogens is 1. The Morgan fingerprint density at radius 2 is 2.12 bits per heavy atom. The molecule has 0 amide bonds. The van der Waals surface area contributed by atoms with E-state index in [0.717, 1.165) is 33.7 Å². The second-order valence-electron chi connectivity index (χ2n) is 6.69. The van der Waals surface area contributed by atoms with E-state index < -0.39 is 0 Å². The maximum absolute atomic E-state index is 12.7. The first-order valence-corrected chi connectivity index (χ1v) is 9.51. The Morgan fingerprint density at radius 3 is 2.92 bits per heavy atom. The molecule has 1 aliphatic rings. The topological polar surface area (TPSA) is 50.2 Å². The smallest absolute Gasteiger partial charge is 0.260 e. The lowest BCUT2D eigenvalue weighted by molar-refractivity contribution is -0.942. The summed E-state index contributed by atoms with van der Waals surface area (Å²) in [4.78, 5) is 22.8. The second kappa shape index (κ2) is 6.49. The molecule has 0 saturated carbocycles. The summed E-state index contributed by atoms with van der Waals surface area (Å²) >= 11 is 1.56. The van der Waals surface area contributed by atoms with Gasteiger partial charge in [-0.2, -0.15) is 0 Å². The van der Waals surface area contributed by atoms with Crippen molar-refractivity contribution in [1.82, 2.24) is 9.97 Å². The van der Waals surface area contributed by atoms with Crippen molar-refractivity contribution >= 4 is 21.6 Å². The fourth-order valence-electron chi connectivity index (χ4n) is 3.64. The number of hydrogen-bond donors (Lipinski definition) is 2. The van der Waals surface area contributed by atoms with Crippen molar-refractivity contribution in [3.05, 3.63) is 51.9 Å². The summed E-state index contributed by atoms with van der Waals surface area (Å²) in [5.41, 5.74) is 2.04. The van der Waals surface area contributed by atoms with Crippen LogP contribution in [0.1, 0.15) is 32.0 Å². The zero-order valence-electron chi connectivity index (χ0n) is 13.8. The SMILES string of the molecule is C[C@@H]1CCCC[NH+]1Cc1nc2scc(-c3ccccc3)c2c(=O)[nH]1. The number of benzene rings is 1. The zero-order valence-corrected chi connectivity index (χ0v) is 14.7. The lowest BCUT2D eigenvalue weighted by atomic mass is 10.0. The minimum Gasteiger partial charge on any atom is -0.326 e. The van der Waals surface area contributed by atoms with E-state index in [-0.39, 0.29) is 5.56 Å². The fraction of sp³-hybridized carbons (Fsp3) is 0.368. The van der Waals surface area contributed by atoms with Crippen LogP contribution in [0.2, 0.25) is 0 Å². The average Bonchev–Trinajstić information content (AvgIpc) is 3.02. The Labute approximate surface area is 145 Å². The predicted octanol–water partition coefficient (Wildman–Crippen LogP) is 2.61. The average molecular weight is 340 g/mol. The first-order chi connectivity index (χ1) is 11.7. The van der Waals surface area contributed by atoms with E-state index in [0.29, 0.717) is 6.04 Å². The molecule has 4 nitrogen and oxygen atoms in total. The Hall–Kier alpha value is -1.98. The maximum Gasteiger partial charge on any atom is 0.260 e. The van der Waals surface area contributed by atoms with Gasteiger partial charge in [-0.25, -0.2) is 4.98 Å². The lowest BCUT2D eigenvalue weighted by Crippen LogP contribution is -3.15. The fourth-order valence-corrected chi connectivity index (χ4v) is 4.60. The highest BCUT2D eigenvalue weighted by atomic mass is 32.1. The summed E-state index contributed by atoms with van der Waals surface area (Å²) in [5, 5.41) is 2.76. The van der Waals surface area contributed by atoms with Gasteiger partial charge >= 0.3 is 0 Å². The van der Waals surface area contributed by atoms with Crippen molar-refractivity contribution in [3.8, 4) is 11.1 Å². The molecule has 1 aliphatic heterocycles. The van der Waals surface area contributed by atoms with Crippen LogP contribution in [0.4, 0.5) is 0 Å². The van der Waals surface area contributed by atoms with E-state index in [2.05, 4.69) is 11.9 Å². The summed E-state index contributed by atoms with van der Waals surface area (Å²) in [5.74, 6) is 0.817. The van der Waals surface area contributed by atoms with Crippen molar-refractivity contribution in [2.75, 3.05) is 6.54 Å². The van der Waals surface area contributed by atoms with Crippen LogP contribution in [-0.2, 0) is 6.54 Å². The van der Waals surface area contributed by atoms with E-state index in [1.54, 1.807) is 11.3 Å². The minimum atomic E-state index is -0.0147. The monoisotopic (exact) mass is 340 g/mol. The van der Waals surface area contributed by atoms with Gasteiger partial charge in [0.2, 0.25) is 0 Å². The standard InChI is InChI=1S/C19H21N3OS/c1-13-7-5-6-10-22(13)11-16-20-18(23)17-15(12-24-19(17)21-16)14-8-3-2-4-9-14/h2-4,8-9,12-13H,5-7,10-11H2,1H3,(H,20,21,23)/p+1/t13-/m1/s1. The van der Waals surface area contributed by atoms with Gasteiger partial charge in [-0.15, -0.1) is 11.3 Å². The molecular formula is C19H22N3OS+. The molecule has 1 aromatic carbocycles. The van der Waals surface area contributed by atoms with Crippen molar-refractivity contribution in [2.24, 2.45) is 0 Å². The lowest BCUT2D eigenvalue weighted by Gasteiger charge is -2.29. The molecule has 1 fully saturated rings. The number of thiophene rings is 1. The van der Waals surface area contributed by atoms with Crippen molar-refractivity contribution in [3.63, 3.8) is 0 Å². The number of hydrogen-bond acceptors (Lipinski definition) is 3. The second-order valence-corrected chi connectivity index (χ2v) is 7.55. The molecule has 24 heavy (non-hydrogen) atoms. The van der Waals surface area contributed by atoms with Gasteiger partial charge in [-0.1, -0.05) is 30.3 Å². The van der Waals surface area contributed by atoms with Crippen molar-refractivity contribution in [1.29, 1.82) is 0 Å². The Kier molecular flexibility index (Phi) is 4.21. The zero-order chi connectivity index (χ0) is 16.5. The molecule has 124 valence electrons. The van der Waals surface area contributed by atoms with Gasteiger partial charge in [0.25, 0.3) is 5.56 Å². The minimum absolute atomic E-state index is 0.0147. The number of aromatic amines is 1. The molecule has 0 aliphatic carbocycles. The van der Waals surface area contributed by atoms with Crippen LogP contribution in [0.3, 0.4) is 0 Å². The molecule has 0 radical (unpaired) electrons. The summed E-state index contributed by atoms with van der Waals surface area (Å²) in [6, 6.07) is 10.7. The number of aromatic nitrogens is 2. The van der Waals surface area contributed by atoms with E-state index in [1.165, 1.54) is 30.7 Å². The normalized spacial score (nSPS) is 21.2. The van der Waals surface area contributed by atoms with Gasteiger partial charge in [0.05, 0.1) is 18.0 Å². The highest BCUT2D eigenvalue weighted by Crippen LogP contribution is 2.30. The summed E-state index contributed by atoms with van der Waals surface area (Å²) < 4.78 is 0. The van der Waals surface area contributed by atoms with Gasteiger partial charge in [-0.3, -0.25) is 4.79 Å². The van der Waals surface area contributed by atoms with Crippen LogP contribution in [0, 0.1) is 0 Å². The summed E-state index contributed by atoms with van der Waals surface area (Å²) in [7, 11) is 0. The van der Waals surface area contributed by atoms with Crippen LogP contribution in [0.5, 0.6) is 0 Å². The van der Waals surface area contributed by atoms with Crippen molar-refractivity contribution in [2.45, 2.75) is 38.8 Å². The third kappa shape index (κ3) is 2.89. The molecule has 1 saturated heterocycles. The van der Waals surface area contributed by atoms with Crippen LogP contribution in [0.15, 0.2) is 40.5 Å². The highest BCUT2D eigenvalue weighted by Gasteiger charge is 2.23. The number of fused-ring (bicyclic) bond motifs is 1. The van der Waals surface area contributed by atoms with Crippen molar-refractivity contribution < 1.29 is 4.90 Å². The van der Waals surface area contributed by atoms with E-state index >= 15 is 0 Å². The molecule has 3 aromatic rings. The number of nitrogens with one attached hydrogen (secondary N) is 2. The molecule has 0 bridgehead atoms. The summed E-state index contributed by atoms with van der Waals surface area (Å²) in [6.07, 6.45) is 3.85. The summed E-state index contributed by atoms with van der Waals surface area (Å²) in [6.45, 7) is 4.28. The largest absolute Gasteiger partial charge is 0.326 e. The number of nitrogens with zero attached hydrogens (tertiary/aromatic N) is 1. The van der Waals surface area contributed by atoms with E-state index in [4.69, 9.17) is 4.98 Å². The first-order valence-electron chi connectivity index (χ1n) is 8.63. The van der Waals surface area contributed by atoms with Crippen LogP contribution in [0.25, 0.3) is 21.3 Å². The number of H-pyrrole nitrogens is 1. The molecule has 5 heteroatoms. The third-order valence-electron chi connectivity index (χ3n) is 5.05. The first kappa shape index (κ1) is 15.5. The van der Waals surface area contributed by atoms with Gasteiger partial charge in [0, 0.05) is 10.9 Å². The Morgan fingerprint density at radius 1 is 1.29 bits per heavy atom. The molecule has 1 unspecified atom stereocenters. The van der Waals surface area contributed by atoms with Crippen LogP contribution < -0.4 is 10.5 Å². The number of likely N-dealkylation sites (tertiary alicyclic amines) is 1. The van der Waals surface area contributed by atoms with E-state index in [1.807, 2.05) is 35.7 Å². The van der Waals surface area contributed by atoms with Crippen LogP contribution >= 0.6 is 11.3 Å². The predicted molar refractivity (Wildman–Crippen MR) is 98.5 cm³/mol. The molecular weight excluding hydrogens is 318 g/mol. The van der Waals surface area contributed by atoms with Crippen LogP contribution in [-0.4, -0.2) is 22.6 Å². The molecule has 2 atom stereocenters. The Balaban J connectivity index is 1.70. The van der Waals surface area contributed by atoms with E-state index in [9.17, 15) is 4.79 Å². The molecule has 3 heterocycles. The number of piperidine rings is 1. The van der Waals surface area contributed by atoms with Gasteiger partial charge in [0.1, 0.15) is 11.4 Å².